The fourth-order valence-corrected chi connectivity index (χ4v) is 3.88. The molecule has 2 aromatic carbocycles. The topological polar surface area (TPSA) is 89.3 Å². The van der Waals surface area contributed by atoms with E-state index in [2.05, 4.69) is 21.4 Å². The first-order chi connectivity index (χ1) is 15.2. The summed E-state index contributed by atoms with van der Waals surface area (Å²) in [4.78, 5) is 8.57. The van der Waals surface area contributed by atoms with Gasteiger partial charge in [0.15, 0.2) is 11.5 Å². The van der Waals surface area contributed by atoms with Crippen LogP contribution in [0.2, 0.25) is 0 Å². The molecule has 31 heavy (non-hydrogen) atoms. The molecule has 8 heteroatoms. The van der Waals surface area contributed by atoms with Crippen molar-refractivity contribution in [2.75, 3.05) is 32.8 Å². The summed E-state index contributed by atoms with van der Waals surface area (Å²) in [6.45, 7) is 0.905. The monoisotopic (exact) mass is 432 g/mol. The number of nitrogens with zero attached hydrogens (tertiary/aromatic N) is 3. The third-order valence-corrected chi connectivity index (χ3v) is 5.48. The smallest absolute Gasteiger partial charge is 0.161 e. The van der Waals surface area contributed by atoms with Crippen LogP contribution in [0, 0.1) is 11.3 Å². The summed E-state index contributed by atoms with van der Waals surface area (Å²) in [7, 11) is 3.22. The summed E-state index contributed by atoms with van der Waals surface area (Å²) in [6.07, 6.45) is 3.28. The van der Waals surface area contributed by atoms with Crippen molar-refractivity contribution in [3.63, 3.8) is 0 Å². The molecule has 0 aliphatic heterocycles. The van der Waals surface area contributed by atoms with E-state index in [1.165, 1.54) is 0 Å². The van der Waals surface area contributed by atoms with Crippen LogP contribution in [0.1, 0.15) is 5.56 Å². The summed E-state index contributed by atoms with van der Waals surface area (Å²) in [5, 5.41) is 13.1. The molecule has 7 nitrogen and oxygen atoms in total. The maximum atomic E-state index is 9.68. The van der Waals surface area contributed by atoms with Crippen molar-refractivity contribution < 1.29 is 14.2 Å². The predicted molar refractivity (Wildman–Crippen MR) is 121 cm³/mol. The molecule has 4 aromatic rings. The number of rotatable bonds is 8. The van der Waals surface area contributed by atoms with E-state index in [-0.39, 0.29) is 0 Å². The van der Waals surface area contributed by atoms with Crippen LogP contribution in [0.5, 0.6) is 11.5 Å². The van der Waals surface area contributed by atoms with E-state index in [1.807, 2.05) is 41.9 Å². The third kappa shape index (κ3) is 4.43. The summed E-state index contributed by atoms with van der Waals surface area (Å²) in [5.41, 5.74) is 6.38. The Morgan fingerprint density at radius 1 is 1.06 bits per heavy atom. The molecule has 0 fully saturated rings. The van der Waals surface area contributed by atoms with Gasteiger partial charge in [-0.2, -0.15) is 5.26 Å². The summed E-state index contributed by atoms with van der Waals surface area (Å²) in [5.74, 6) is 1.21. The molecule has 0 aliphatic carbocycles. The molecule has 0 saturated carbocycles. The molecular formula is C23H20N4O3S. The average Bonchev–Trinajstić information content (AvgIpc) is 3.27. The molecule has 0 atom stereocenters. The number of nitrogens with one attached hydrogen (secondary N) is 1. The fourth-order valence-electron chi connectivity index (χ4n) is 3.17. The van der Waals surface area contributed by atoms with Gasteiger partial charge in [0.2, 0.25) is 0 Å². The highest BCUT2D eigenvalue weighted by Crippen LogP contribution is 2.38. The normalized spacial score (nSPS) is 10.6. The second-order valence-electron chi connectivity index (χ2n) is 6.59. The molecule has 2 heterocycles. The van der Waals surface area contributed by atoms with Gasteiger partial charge in [0, 0.05) is 30.8 Å². The van der Waals surface area contributed by atoms with Crippen molar-refractivity contribution in [3.05, 3.63) is 59.9 Å². The Labute approximate surface area is 183 Å². The van der Waals surface area contributed by atoms with Crippen LogP contribution < -0.4 is 14.8 Å². The number of hydrogen-bond acceptors (Lipinski definition) is 8. The number of aromatic nitrogens is 2. The zero-order valence-corrected chi connectivity index (χ0v) is 17.9. The summed E-state index contributed by atoms with van der Waals surface area (Å²) < 4.78 is 17.3. The lowest BCUT2D eigenvalue weighted by molar-refractivity contribution is 0.144. The minimum Gasteiger partial charge on any atom is -0.493 e. The first-order valence-electron chi connectivity index (χ1n) is 9.52. The van der Waals surface area contributed by atoms with Crippen molar-refractivity contribution >= 4 is 32.9 Å². The van der Waals surface area contributed by atoms with Gasteiger partial charge in [0.1, 0.15) is 12.7 Å². The third-order valence-electron chi connectivity index (χ3n) is 4.69. The molecule has 0 saturated heterocycles. The average molecular weight is 433 g/mol. The molecule has 0 amide bonds. The molecule has 156 valence electrons. The highest BCUT2D eigenvalue weighted by molar-refractivity contribution is 7.16. The van der Waals surface area contributed by atoms with E-state index in [9.17, 15) is 5.26 Å². The molecule has 4 rings (SSSR count). The number of hydrogen-bond donors (Lipinski definition) is 1. The number of methoxy groups -OCH3 is 2. The van der Waals surface area contributed by atoms with Gasteiger partial charge in [0.25, 0.3) is 0 Å². The van der Waals surface area contributed by atoms with Crippen molar-refractivity contribution in [2.24, 2.45) is 0 Å². The van der Waals surface area contributed by atoms with Gasteiger partial charge in [0.05, 0.1) is 40.7 Å². The predicted octanol–water partition coefficient (Wildman–Crippen LogP) is 5.01. The quantitative estimate of drug-likeness (QED) is 0.392. The first kappa shape index (κ1) is 20.6. The second kappa shape index (κ2) is 9.43. The Morgan fingerprint density at radius 3 is 2.77 bits per heavy atom. The molecule has 0 radical (unpaired) electrons. The largest absolute Gasteiger partial charge is 0.493 e. The Kier molecular flexibility index (Phi) is 6.26. The van der Waals surface area contributed by atoms with Gasteiger partial charge < -0.3 is 19.5 Å². The minimum absolute atomic E-state index is 0.421. The minimum atomic E-state index is 0.421. The molecule has 0 bridgehead atoms. The van der Waals surface area contributed by atoms with E-state index in [4.69, 9.17) is 14.2 Å². The molecule has 0 unspecified atom stereocenters. The van der Waals surface area contributed by atoms with Crippen LogP contribution in [-0.4, -0.2) is 37.4 Å². The zero-order chi connectivity index (χ0) is 21.6. The zero-order valence-electron chi connectivity index (χ0n) is 17.1. The van der Waals surface area contributed by atoms with Gasteiger partial charge in [-0.1, -0.05) is 6.07 Å². The Morgan fingerprint density at radius 2 is 1.97 bits per heavy atom. The maximum Gasteiger partial charge on any atom is 0.161 e. The molecule has 2 aromatic heterocycles. The lowest BCUT2D eigenvalue weighted by atomic mass is 10.0. The number of pyridine rings is 1. The van der Waals surface area contributed by atoms with Crippen molar-refractivity contribution in [1.82, 2.24) is 9.97 Å². The van der Waals surface area contributed by atoms with E-state index in [0.717, 1.165) is 27.0 Å². The highest BCUT2D eigenvalue weighted by atomic mass is 32.1. The number of thiazole rings is 1. The lowest BCUT2D eigenvalue weighted by Crippen LogP contribution is -2.05. The van der Waals surface area contributed by atoms with Gasteiger partial charge in [-0.15, -0.1) is 11.3 Å². The Bertz CT molecular complexity index is 1250. The van der Waals surface area contributed by atoms with Gasteiger partial charge in [-0.05, 0) is 35.9 Å². The number of anilines is 2. The molecule has 0 aliphatic rings. The van der Waals surface area contributed by atoms with E-state index in [1.54, 1.807) is 38.0 Å². The molecule has 1 N–H and O–H groups in total. The van der Waals surface area contributed by atoms with Crippen LogP contribution in [0.3, 0.4) is 0 Å². The summed E-state index contributed by atoms with van der Waals surface area (Å²) in [6, 6.07) is 13.8. The Hall–Kier alpha value is -3.67. The van der Waals surface area contributed by atoms with E-state index >= 15 is 0 Å². The standard InChI is InChI=1S/C23H20N4O3S/c1-28-7-8-30-20-6-3-15(9-21(20)29-2)18-13-25-12-16(11-24)23(18)27-17-4-5-19-22(10-17)31-14-26-19/h3-6,9-10,12-14H,7-8H2,1-2H3,(H,25,27). The van der Waals surface area contributed by atoms with Gasteiger partial charge >= 0.3 is 0 Å². The van der Waals surface area contributed by atoms with Crippen LogP contribution in [0.15, 0.2) is 54.3 Å². The maximum absolute atomic E-state index is 9.68. The summed E-state index contributed by atoms with van der Waals surface area (Å²) >= 11 is 1.57. The number of ether oxygens (including phenoxy) is 3. The Balaban J connectivity index is 1.72. The number of nitriles is 1. The first-order valence-corrected chi connectivity index (χ1v) is 10.4. The number of fused-ring (bicyclic) bond motifs is 1. The van der Waals surface area contributed by atoms with Crippen LogP contribution >= 0.6 is 11.3 Å². The van der Waals surface area contributed by atoms with E-state index < -0.39 is 0 Å². The van der Waals surface area contributed by atoms with Crippen LogP contribution in [0.4, 0.5) is 11.4 Å². The van der Waals surface area contributed by atoms with Crippen molar-refractivity contribution in [3.8, 4) is 28.7 Å². The second-order valence-corrected chi connectivity index (χ2v) is 7.47. The lowest BCUT2D eigenvalue weighted by Gasteiger charge is -2.16. The highest BCUT2D eigenvalue weighted by Gasteiger charge is 2.15. The van der Waals surface area contributed by atoms with Gasteiger partial charge in [-0.25, -0.2) is 4.98 Å². The van der Waals surface area contributed by atoms with Crippen LogP contribution in [0.25, 0.3) is 21.3 Å². The van der Waals surface area contributed by atoms with Crippen molar-refractivity contribution in [1.29, 1.82) is 5.26 Å². The molecular weight excluding hydrogens is 412 g/mol. The SMILES string of the molecule is COCCOc1ccc(-c2cncc(C#N)c2Nc2ccc3ncsc3c2)cc1OC. The van der Waals surface area contributed by atoms with Gasteiger partial charge in [-0.3, -0.25) is 4.98 Å². The van der Waals surface area contributed by atoms with Crippen molar-refractivity contribution in [2.45, 2.75) is 0 Å². The van der Waals surface area contributed by atoms with E-state index in [0.29, 0.717) is 36.0 Å². The fraction of sp³-hybridized carbons (Fsp3) is 0.174. The molecule has 0 spiro atoms. The number of benzene rings is 2. The van der Waals surface area contributed by atoms with Crippen LogP contribution in [-0.2, 0) is 4.74 Å².